The third kappa shape index (κ3) is 6.82. The molecule has 0 bridgehead atoms. The van der Waals surface area contributed by atoms with Crippen LogP contribution in [0, 0.1) is 6.92 Å². The van der Waals surface area contributed by atoms with Gasteiger partial charge in [-0.2, -0.15) is 13.2 Å². The van der Waals surface area contributed by atoms with Gasteiger partial charge in [-0.25, -0.2) is 13.2 Å². The van der Waals surface area contributed by atoms with Crippen LogP contribution in [0.5, 0.6) is 0 Å². The van der Waals surface area contributed by atoms with Gasteiger partial charge in [-0.05, 0) is 31.0 Å². The quantitative estimate of drug-likeness (QED) is 0.679. The second-order valence-electron chi connectivity index (χ2n) is 8.65. The third-order valence-corrected chi connectivity index (χ3v) is 8.24. The van der Waals surface area contributed by atoms with E-state index in [9.17, 15) is 26.4 Å². The van der Waals surface area contributed by atoms with E-state index >= 15 is 0 Å². The van der Waals surface area contributed by atoms with E-state index in [0.717, 1.165) is 18.7 Å². The summed E-state index contributed by atoms with van der Waals surface area (Å²) in [4.78, 5) is 26.0. The highest BCUT2D eigenvalue weighted by atomic mass is 32.2. The lowest BCUT2D eigenvalue weighted by atomic mass is 10.00. The molecule has 0 aliphatic carbocycles. The lowest BCUT2D eigenvalue weighted by molar-refractivity contribution is -0.192. The summed E-state index contributed by atoms with van der Waals surface area (Å²) in [5.74, 6) is -2.76. The lowest BCUT2D eigenvalue weighted by Crippen LogP contribution is -2.63. The highest BCUT2D eigenvalue weighted by Crippen LogP contribution is 2.29. The van der Waals surface area contributed by atoms with E-state index < -0.39 is 27.2 Å². The molecule has 11 heteroatoms. The van der Waals surface area contributed by atoms with Crippen molar-refractivity contribution in [3.05, 3.63) is 71.3 Å². The lowest BCUT2D eigenvalue weighted by Gasteiger charge is -2.46. The van der Waals surface area contributed by atoms with E-state index in [0.29, 0.717) is 18.5 Å². The second-order valence-corrected chi connectivity index (χ2v) is 11.0. The van der Waals surface area contributed by atoms with Gasteiger partial charge in [0.25, 0.3) is 5.91 Å². The van der Waals surface area contributed by atoms with E-state index in [1.165, 1.54) is 5.56 Å². The zero-order valence-electron chi connectivity index (χ0n) is 19.1. The van der Waals surface area contributed by atoms with E-state index in [2.05, 4.69) is 17.0 Å². The van der Waals surface area contributed by atoms with E-state index in [1.807, 2.05) is 49.4 Å². The van der Waals surface area contributed by atoms with Crippen LogP contribution in [0.1, 0.15) is 27.9 Å². The number of sulfone groups is 1. The summed E-state index contributed by atoms with van der Waals surface area (Å²) >= 11 is 0. The van der Waals surface area contributed by atoms with Crippen molar-refractivity contribution in [1.29, 1.82) is 0 Å². The third-order valence-electron chi connectivity index (χ3n) is 6.10. The monoisotopic (exact) mass is 512 g/mol. The molecule has 190 valence electrons. The number of piperidine rings is 1. The molecule has 35 heavy (non-hydrogen) atoms. The maximum atomic E-state index is 13.1. The summed E-state index contributed by atoms with van der Waals surface area (Å²) < 4.78 is 57.4. The number of carboxylic acid groups (broad SMARTS) is 1. The molecule has 7 nitrogen and oxygen atoms in total. The number of aryl methyl sites for hydroxylation is 1. The number of halogens is 3. The molecule has 4 rings (SSSR count). The fourth-order valence-corrected chi connectivity index (χ4v) is 6.36. The summed E-state index contributed by atoms with van der Waals surface area (Å²) in [6.07, 6.45) is -4.39. The molecule has 2 aliphatic rings. The Morgan fingerprint density at radius 1 is 1.06 bits per heavy atom. The summed E-state index contributed by atoms with van der Waals surface area (Å²) in [6, 6.07) is 17.4. The Kier molecular flexibility index (Phi) is 8.22. The van der Waals surface area contributed by atoms with Crippen LogP contribution in [0.4, 0.5) is 13.2 Å². The number of hydrogen-bond acceptors (Lipinski definition) is 5. The van der Waals surface area contributed by atoms with Crippen molar-refractivity contribution in [2.75, 3.05) is 25.4 Å². The molecule has 2 unspecified atom stereocenters. The largest absolute Gasteiger partial charge is 0.490 e. The minimum absolute atomic E-state index is 0.0465. The Balaban J connectivity index is 0.000000429. The zero-order valence-corrected chi connectivity index (χ0v) is 19.9. The molecular weight excluding hydrogens is 485 g/mol. The number of carbonyl (C=O) groups is 2. The van der Waals surface area contributed by atoms with E-state index in [-0.39, 0.29) is 24.2 Å². The van der Waals surface area contributed by atoms with Crippen LogP contribution < -0.4 is 0 Å². The van der Waals surface area contributed by atoms with E-state index in [4.69, 9.17) is 9.90 Å². The van der Waals surface area contributed by atoms with Crippen LogP contribution in [0.25, 0.3) is 0 Å². The van der Waals surface area contributed by atoms with Gasteiger partial charge in [-0.15, -0.1) is 0 Å². The minimum atomic E-state index is -5.08. The van der Waals surface area contributed by atoms with Gasteiger partial charge in [0.2, 0.25) is 0 Å². The standard InChI is InChI=1S/C22H26N2O3S.C2HF3O2/c1-17-6-5-9-19(14-17)22(25)24-12-13-28(26,27)21-16-23(11-10-20(21)24)15-18-7-3-2-4-8-18;3-2(4,5)1(6)7/h2-9,14,20-21H,10-13,15-16H2,1H3;(H,6,7). The van der Waals surface area contributed by atoms with Crippen LogP contribution in [-0.4, -0.2) is 78.1 Å². The summed E-state index contributed by atoms with van der Waals surface area (Å²) in [5, 5.41) is 6.62. The number of amides is 1. The fourth-order valence-electron chi connectivity index (χ4n) is 4.40. The fraction of sp³-hybridized carbons (Fsp3) is 0.417. The van der Waals surface area contributed by atoms with Crippen molar-refractivity contribution in [2.45, 2.75) is 37.4 Å². The number of aliphatic carboxylic acids is 1. The summed E-state index contributed by atoms with van der Waals surface area (Å²) in [5.41, 5.74) is 2.86. The second kappa shape index (κ2) is 10.8. The Morgan fingerprint density at radius 2 is 1.71 bits per heavy atom. The molecule has 0 spiro atoms. The number of likely N-dealkylation sites (tertiary alicyclic amines) is 1. The van der Waals surface area contributed by atoms with Crippen molar-refractivity contribution in [2.24, 2.45) is 0 Å². The topological polar surface area (TPSA) is 95.0 Å². The predicted molar refractivity (Wildman–Crippen MR) is 124 cm³/mol. The van der Waals surface area contributed by atoms with E-state index in [1.54, 1.807) is 4.90 Å². The SMILES string of the molecule is Cc1cccc(C(=O)N2CCS(=O)(=O)C3CN(Cc4ccccc4)CCC32)c1.O=C(O)C(F)(F)F. The van der Waals surface area contributed by atoms with Gasteiger partial charge in [0.05, 0.1) is 17.0 Å². The molecule has 0 radical (unpaired) electrons. The van der Waals surface area contributed by atoms with Crippen molar-refractivity contribution >= 4 is 21.7 Å². The maximum absolute atomic E-state index is 13.1. The number of nitrogens with zero attached hydrogens (tertiary/aromatic N) is 2. The number of alkyl halides is 3. The molecular formula is C24H27F3N2O5S. The minimum Gasteiger partial charge on any atom is -0.475 e. The van der Waals surface area contributed by atoms with Crippen molar-refractivity contribution in [3.63, 3.8) is 0 Å². The molecule has 0 saturated carbocycles. The normalized spacial score (nSPS) is 21.9. The van der Waals surface area contributed by atoms with Gasteiger partial charge in [0.15, 0.2) is 9.84 Å². The molecule has 2 aliphatic heterocycles. The van der Waals surface area contributed by atoms with Crippen molar-refractivity contribution in [3.8, 4) is 0 Å². The molecule has 2 heterocycles. The molecule has 1 amide bonds. The first kappa shape index (κ1) is 26.7. The predicted octanol–water partition coefficient (Wildman–Crippen LogP) is 3.14. The van der Waals surface area contributed by atoms with Gasteiger partial charge in [-0.3, -0.25) is 9.69 Å². The Hall–Kier alpha value is -2.92. The summed E-state index contributed by atoms with van der Waals surface area (Å²) in [7, 11) is -3.20. The first-order chi connectivity index (χ1) is 16.4. The Labute approximate surface area is 202 Å². The van der Waals surface area contributed by atoms with Crippen LogP contribution in [-0.2, 0) is 21.2 Å². The first-order valence-corrected chi connectivity index (χ1v) is 12.8. The molecule has 2 atom stereocenters. The van der Waals surface area contributed by atoms with Crippen LogP contribution >= 0.6 is 0 Å². The number of rotatable bonds is 3. The average molecular weight is 513 g/mol. The van der Waals surface area contributed by atoms with Crippen LogP contribution in [0.3, 0.4) is 0 Å². The molecule has 1 N–H and O–H groups in total. The number of fused-ring (bicyclic) bond motifs is 1. The number of hydrogen-bond donors (Lipinski definition) is 1. The molecule has 0 aromatic heterocycles. The van der Waals surface area contributed by atoms with Gasteiger partial charge >= 0.3 is 12.1 Å². The van der Waals surface area contributed by atoms with Crippen molar-refractivity contribution in [1.82, 2.24) is 9.80 Å². The number of carboxylic acids is 1. The number of carbonyl (C=O) groups excluding carboxylic acids is 1. The smallest absolute Gasteiger partial charge is 0.475 e. The average Bonchev–Trinajstić information content (AvgIpc) is 2.79. The molecule has 2 fully saturated rings. The molecule has 2 saturated heterocycles. The number of benzene rings is 2. The highest BCUT2D eigenvalue weighted by Gasteiger charge is 2.46. The maximum Gasteiger partial charge on any atom is 0.490 e. The Bertz CT molecular complexity index is 1160. The zero-order chi connectivity index (χ0) is 25.8. The van der Waals surface area contributed by atoms with Gasteiger partial charge < -0.3 is 10.0 Å². The summed E-state index contributed by atoms with van der Waals surface area (Å²) in [6.45, 7) is 4.27. The molecule has 2 aromatic rings. The van der Waals surface area contributed by atoms with Gasteiger partial charge in [0, 0.05) is 31.7 Å². The van der Waals surface area contributed by atoms with Crippen LogP contribution in [0.2, 0.25) is 0 Å². The van der Waals surface area contributed by atoms with Crippen molar-refractivity contribution < 1.29 is 36.3 Å². The first-order valence-electron chi connectivity index (χ1n) is 11.0. The Morgan fingerprint density at radius 3 is 2.31 bits per heavy atom. The molecule has 2 aromatic carbocycles. The van der Waals surface area contributed by atoms with Crippen LogP contribution in [0.15, 0.2) is 54.6 Å². The van der Waals surface area contributed by atoms with Gasteiger partial charge in [0.1, 0.15) is 0 Å². The highest BCUT2D eigenvalue weighted by molar-refractivity contribution is 7.92. The van der Waals surface area contributed by atoms with Gasteiger partial charge in [-0.1, -0.05) is 48.0 Å².